The van der Waals surface area contributed by atoms with Gasteiger partial charge in [0, 0.05) is 19.4 Å². The van der Waals surface area contributed by atoms with E-state index in [2.05, 4.69) is 160 Å². The molecule has 0 aromatic heterocycles. The number of carbonyl (C=O) groups is 2. The molecule has 0 aliphatic carbocycles. The summed E-state index contributed by atoms with van der Waals surface area (Å²) in [5, 5.41) is 0. The van der Waals surface area contributed by atoms with Crippen molar-refractivity contribution in [2.45, 2.75) is 290 Å². The van der Waals surface area contributed by atoms with Crippen LogP contribution in [0.15, 0.2) is 146 Å². The first-order valence-electron chi connectivity index (χ1n) is 34.3. The summed E-state index contributed by atoms with van der Waals surface area (Å²) in [5.74, 6) is -0.831. The van der Waals surface area contributed by atoms with Crippen molar-refractivity contribution in [1.29, 1.82) is 0 Å². The van der Waals surface area contributed by atoms with E-state index in [0.29, 0.717) is 6.42 Å². The molecule has 85 heavy (non-hydrogen) atoms. The molecule has 0 saturated carbocycles. The Bertz CT molecular complexity index is 1900. The van der Waals surface area contributed by atoms with Gasteiger partial charge in [-0.1, -0.05) is 301 Å². The number of hydrogen-bond acceptors (Lipinski definition) is 8. The van der Waals surface area contributed by atoms with Crippen molar-refractivity contribution in [1.82, 2.24) is 0 Å². The Morgan fingerprint density at radius 3 is 0.906 bits per heavy atom. The highest BCUT2D eigenvalue weighted by molar-refractivity contribution is 7.47. The van der Waals surface area contributed by atoms with Crippen LogP contribution in [0.1, 0.15) is 284 Å². The average Bonchev–Trinajstić information content (AvgIpc) is 3.52. The van der Waals surface area contributed by atoms with Gasteiger partial charge in [0.25, 0.3) is 0 Å². The van der Waals surface area contributed by atoms with Crippen molar-refractivity contribution in [3.63, 3.8) is 0 Å². The molecule has 2 atom stereocenters. The average molecular weight is 1200 g/mol. The molecule has 10 heteroatoms. The number of phosphoric acid groups is 1. The fraction of sp³-hybridized carbons (Fsp3) is 0.653. The summed E-state index contributed by atoms with van der Waals surface area (Å²) in [6, 6.07) is 0. The third-order valence-electron chi connectivity index (χ3n) is 14.2. The first-order chi connectivity index (χ1) is 41.8. The first-order valence-corrected chi connectivity index (χ1v) is 35.8. The molecule has 0 aliphatic rings. The summed E-state index contributed by atoms with van der Waals surface area (Å²) in [7, 11) is -4.40. The standard InChI is InChI=1S/C75H126NO8P/c1-3-5-7-9-11-13-15-17-19-21-23-25-27-29-31-32-33-34-35-36-37-38-39-40-42-44-46-48-50-52-54-56-58-60-62-64-66-68-75(78)84-73(72-83-85(79,80)82-70-69-76)71-81-74(77)67-65-63-61-59-57-55-53-51-49-47-45-43-41-30-28-26-24-22-20-18-16-14-12-10-8-6-4-2/h5-8,11-14,17-20,23-26,29,31,33-34,36-37,39-40,73H,3-4,9-10,15-16,21-22,27-28,30,32,35,38,41-72,76H2,1-2H3,(H,79,80)/b7-5-,8-6-,13-11-,14-12-,19-17-,20-18-,25-23-,26-24-,31-29-,34-33-,37-36-,40-39-. The number of phosphoric ester groups is 1. The highest BCUT2D eigenvalue weighted by Gasteiger charge is 2.26. The Morgan fingerprint density at radius 2 is 0.612 bits per heavy atom. The van der Waals surface area contributed by atoms with Crippen molar-refractivity contribution >= 4 is 19.8 Å². The predicted molar refractivity (Wildman–Crippen MR) is 367 cm³/mol. The van der Waals surface area contributed by atoms with E-state index in [1.165, 1.54) is 135 Å². The number of rotatable bonds is 63. The summed E-state index contributed by atoms with van der Waals surface area (Å²) in [4.78, 5) is 35.4. The molecule has 2 unspecified atom stereocenters. The van der Waals surface area contributed by atoms with Crippen LogP contribution >= 0.6 is 7.82 Å². The second kappa shape index (κ2) is 69.0. The number of hydrogen-bond donors (Lipinski definition) is 2. The molecule has 0 fully saturated rings. The van der Waals surface area contributed by atoms with Gasteiger partial charge in [-0.2, -0.15) is 0 Å². The summed E-state index contributed by atoms with van der Waals surface area (Å²) in [5.41, 5.74) is 5.40. The van der Waals surface area contributed by atoms with Crippen LogP contribution in [0.2, 0.25) is 0 Å². The molecule has 484 valence electrons. The maximum atomic E-state index is 12.8. The monoisotopic (exact) mass is 1200 g/mol. The van der Waals surface area contributed by atoms with Gasteiger partial charge in [0.05, 0.1) is 13.2 Å². The molecule has 0 radical (unpaired) electrons. The lowest BCUT2D eigenvalue weighted by Crippen LogP contribution is -2.29. The van der Waals surface area contributed by atoms with Gasteiger partial charge in [0.15, 0.2) is 6.10 Å². The van der Waals surface area contributed by atoms with Gasteiger partial charge in [-0.3, -0.25) is 18.6 Å². The van der Waals surface area contributed by atoms with Gasteiger partial charge in [0.1, 0.15) is 6.61 Å². The highest BCUT2D eigenvalue weighted by Crippen LogP contribution is 2.43. The molecule has 0 rings (SSSR count). The quantitative estimate of drug-likeness (QED) is 0.0264. The van der Waals surface area contributed by atoms with Crippen molar-refractivity contribution in [2.24, 2.45) is 5.73 Å². The van der Waals surface area contributed by atoms with Crippen molar-refractivity contribution in [3.05, 3.63) is 146 Å². The highest BCUT2D eigenvalue weighted by atomic mass is 31.2. The fourth-order valence-corrected chi connectivity index (χ4v) is 10.00. The van der Waals surface area contributed by atoms with Crippen LogP contribution in [0.4, 0.5) is 0 Å². The van der Waals surface area contributed by atoms with Crippen molar-refractivity contribution in [3.8, 4) is 0 Å². The van der Waals surface area contributed by atoms with Crippen LogP contribution in [0.3, 0.4) is 0 Å². The van der Waals surface area contributed by atoms with Crippen LogP contribution in [0, 0.1) is 0 Å². The molecule has 0 aliphatic heterocycles. The van der Waals surface area contributed by atoms with Gasteiger partial charge < -0.3 is 20.1 Å². The minimum absolute atomic E-state index is 0.0475. The summed E-state index contributed by atoms with van der Waals surface area (Å²) < 4.78 is 33.2. The largest absolute Gasteiger partial charge is 0.472 e. The van der Waals surface area contributed by atoms with E-state index >= 15 is 0 Å². The Morgan fingerprint density at radius 1 is 0.353 bits per heavy atom. The molecule has 0 heterocycles. The molecule has 0 aromatic rings. The molecular weight excluding hydrogens is 1070 g/mol. The molecule has 0 aromatic carbocycles. The van der Waals surface area contributed by atoms with Gasteiger partial charge >= 0.3 is 19.8 Å². The zero-order valence-electron chi connectivity index (χ0n) is 54.3. The Labute approximate surface area is 522 Å². The first kappa shape index (κ1) is 80.9. The maximum Gasteiger partial charge on any atom is 0.472 e. The molecule has 0 amide bonds. The lowest BCUT2D eigenvalue weighted by molar-refractivity contribution is -0.161. The van der Waals surface area contributed by atoms with E-state index < -0.39 is 26.5 Å². The van der Waals surface area contributed by atoms with Crippen molar-refractivity contribution < 1.29 is 37.6 Å². The van der Waals surface area contributed by atoms with Gasteiger partial charge in [-0.15, -0.1) is 0 Å². The number of carbonyl (C=O) groups excluding carboxylic acids is 2. The van der Waals surface area contributed by atoms with E-state index in [9.17, 15) is 19.0 Å². The number of esters is 2. The number of allylic oxidation sites excluding steroid dienone is 24. The second-order valence-corrected chi connectivity index (χ2v) is 23.7. The second-order valence-electron chi connectivity index (χ2n) is 22.3. The van der Waals surface area contributed by atoms with Crippen LogP contribution in [0.25, 0.3) is 0 Å². The minimum Gasteiger partial charge on any atom is -0.462 e. The zero-order chi connectivity index (χ0) is 61.6. The van der Waals surface area contributed by atoms with E-state index in [4.69, 9.17) is 24.3 Å². The van der Waals surface area contributed by atoms with Crippen molar-refractivity contribution in [2.75, 3.05) is 26.4 Å². The van der Waals surface area contributed by atoms with Gasteiger partial charge in [-0.05, 0) is 116 Å². The maximum absolute atomic E-state index is 12.8. The molecule has 0 bridgehead atoms. The Kier molecular flexibility index (Phi) is 65.7. The van der Waals surface area contributed by atoms with Gasteiger partial charge in [-0.25, -0.2) is 4.57 Å². The predicted octanol–water partition coefficient (Wildman–Crippen LogP) is 22.6. The molecule has 9 nitrogen and oxygen atoms in total. The van der Waals surface area contributed by atoms with Crippen LogP contribution in [0.5, 0.6) is 0 Å². The third kappa shape index (κ3) is 68.9. The summed E-state index contributed by atoms with van der Waals surface area (Å²) in [6.07, 6.45) is 99.2. The van der Waals surface area contributed by atoms with E-state index in [1.807, 2.05) is 0 Å². The zero-order valence-corrected chi connectivity index (χ0v) is 55.2. The lowest BCUT2D eigenvalue weighted by atomic mass is 10.0. The smallest absolute Gasteiger partial charge is 0.462 e. The minimum atomic E-state index is -4.40. The van der Waals surface area contributed by atoms with E-state index in [0.717, 1.165) is 116 Å². The third-order valence-corrected chi connectivity index (χ3v) is 15.2. The molecule has 0 spiro atoms. The summed E-state index contributed by atoms with van der Waals surface area (Å²) in [6.45, 7) is 3.53. The van der Waals surface area contributed by atoms with Crippen LogP contribution < -0.4 is 5.73 Å². The normalized spacial score (nSPS) is 13.9. The van der Waals surface area contributed by atoms with Gasteiger partial charge in [0.2, 0.25) is 0 Å². The van der Waals surface area contributed by atoms with E-state index in [-0.39, 0.29) is 38.6 Å². The van der Waals surface area contributed by atoms with E-state index in [1.54, 1.807) is 0 Å². The number of unbranched alkanes of at least 4 members (excludes halogenated alkanes) is 26. The number of nitrogens with two attached hydrogens (primary N) is 1. The van der Waals surface area contributed by atoms with Crippen LogP contribution in [-0.4, -0.2) is 49.3 Å². The topological polar surface area (TPSA) is 134 Å². The lowest BCUT2D eigenvalue weighted by Gasteiger charge is -2.19. The Balaban J connectivity index is 3.93. The molecule has 0 saturated heterocycles. The molecular formula is C75H126NO8P. The number of ether oxygens (including phenoxy) is 2. The summed E-state index contributed by atoms with van der Waals surface area (Å²) >= 11 is 0. The SMILES string of the molecule is CC/C=C\C/C=C\C/C=C\C/C=C\C/C=C\C/C=C\C/C=C\C/C=C\CCCCCCCCCCCCCCC(=O)OC(COC(=O)CCCCCCCCCCCCCCCC/C=C\C/C=C\C/C=C\C/C=C\CC)COP(=O)(O)OCCN. The van der Waals surface area contributed by atoms with Crippen LogP contribution in [-0.2, 0) is 32.7 Å². The fourth-order valence-electron chi connectivity index (χ4n) is 9.23. The molecule has 3 N–H and O–H groups in total. The Hall–Kier alpha value is -4.11.